The number of nitrogens with one attached hydrogen (secondary N) is 1. The number of carbonyl (C=O) groups is 1. The predicted molar refractivity (Wildman–Crippen MR) is 132 cm³/mol. The lowest BCUT2D eigenvalue weighted by molar-refractivity contribution is -0.0580. The van der Waals surface area contributed by atoms with Gasteiger partial charge in [0.2, 0.25) is 0 Å². The lowest BCUT2D eigenvalue weighted by Crippen LogP contribution is -2.51. The Bertz CT molecular complexity index is 714. The molecule has 0 aromatic carbocycles. The molecule has 4 aliphatic rings. The van der Waals surface area contributed by atoms with Gasteiger partial charge in [-0.2, -0.15) is 0 Å². The van der Waals surface area contributed by atoms with Gasteiger partial charge in [0, 0.05) is 13.5 Å². The van der Waals surface area contributed by atoms with Crippen molar-refractivity contribution in [2.24, 2.45) is 46.3 Å². The number of fused-ring (bicyclic) bond motifs is 5. The highest BCUT2D eigenvalue weighted by atomic mass is 16.6. The molecular weight excluding hydrogens is 394 g/mol. The van der Waals surface area contributed by atoms with E-state index in [1.54, 1.807) is 12.6 Å². The first-order valence-electron chi connectivity index (χ1n) is 13.8. The van der Waals surface area contributed by atoms with Crippen LogP contribution in [0.2, 0.25) is 0 Å². The Labute approximate surface area is 197 Å². The fraction of sp³-hybridized carbons (Fsp3) is 0.897. The number of hydrogen-bond acceptors (Lipinski definition) is 2. The Morgan fingerprint density at radius 3 is 2.59 bits per heavy atom. The SMILES string of the molecule is CNC(=O)OC1CC[C@@]2(C)C(=CCC3C2CC[C@@]2(C)C3CC[C@@H]2[C@H](C)CCCC(C)C)C1. The van der Waals surface area contributed by atoms with Crippen molar-refractivity contribution in [2.45, 2.75) is 111 Å². The topological polar surface area (TPSA) is 38.3 Å². The third kappa shape index (κ3) is 4.27. The first-order valence-corrected chi connectivity index (χ1v) is 13.8. The predicted octanol–water partition coefficient (Wildman–Crippen LogP) is 7.75. The zero-order valence-electron chi connectivity index (χ0n) is 21.7. The maximum absolute atomic E-state index is 11.7. The van der Waals surface area contributed by atoms with E-state index in [1.807, 2.05) is 0 Å². The second-order valence-corrected chi connectivity index (χ2v) is 12.8. The summed E-state index contributed by atoms with van der Waals surface area (Å²) in [6.45, 7) is 12.5. The van der Waals surface area contributed by atoms with Crippen molar-refractivity contribution >= 4 is 6.09 Å². The third-order valence-electron chi connectivity index (χ3n) is 10.7. The highest BCUT2D eigenvalue weighted by Crippen LogP contribution is 2.67. The van der Waals surface area contributed by atoms with Crippen molar-refractivity contribution < 1.29 is 9.53 Å². The van der Waals surface area contributed by atoms with Crippen LogP contribution >= 0.6 is 0 Å². The monoisotopic (exact) mass is 443 g/mol. The molecule has 182 valence electrons. The Balaban J connectivity index is 1.45. The quantitative estimate of drug-likeness (QED) is 0.426. The molecule has 3 heteroatoms. The summed E-state index contributed by atoms with van der Waals surface area (Å²) in [7, 11) is 1.65. The van der Waals surface area contributed by atoms with Crippen LogP contribution in [0.1, 0.15) is 105 Å². The zero-order valence-corrected chi connectivity index (χ0v) is 21.7. The molecule has 0 saturated heterocycles. The van der Waals surface area contributed by atoms with E-state index in [9.17, 15) is 4.79 Å². The number of allylic oxidation sites excluding steroid dienone is 1. The molecular formula is C29H49NO2. The van der Waals surface area contributed by atoms with Gasteiger partial charge in [0.05, 0.1) is 0 Å². The van der Waals surface area contributed by atoms with Gasteiger partial charge in [-0.15, -0.1) is 0 Å². The smallest absolute Gasteiger partial charge is 0.407 e. The molecule has 4 aliphatic carbocycles. The van der Waals surface area contributed by atoms with E-state index >= 15 is 0 Å². The Morgan fingerprint density at radius 1 is 1.09 bits per heavy atom. The number of ether oxygens (including phenoxy) is 1. The van der Waals surface area contributed by atoms with Crippen molar-refractivity contribution in [1.29, 1.82) is 0 Å². The first kappa shape index (κ1) is 24.1. The van der Waals surface area contributed by atoms with Crippen LogP contribution in [0.3, 0.4) is 0 Å². The Morgan fingerprint density at radius 2 is 1.88 bits per heavy atom. The van der Waals surface area contributed by atoms with Gasteiger partial charge in [-0.3, -0.25) is 0 Å². The average Bonchev–Trinajstić information content (AvgIpc) is 3.11. The minimum atomic E-state index is -0.277. The Hall–Kier alpha value is -0.990. The molecule has 0 spiro atoms. The molecule has 8 atom stereocenters. The van der Waals surface area contributed by atoms with Gasteiger partial charge in [-0.25, -0.2) is 4.79 Å². The van der Waals surface area contributed by atoms with Gasteiger partial charge >= 0.3 is 6.09 Å². The molecule has 0 aromatic rings. The molecule has 0 heterocycles. The molecule has 1 amide bonds. The van der Waals surface area contributed by atoms with E-state index in [-0.39, 0.29) is 12.2 Å². The lowest BCUT2D eigenvalue weighted by atomic mass is 9.47. The molecule has 3 nitrogen and oxygen atoms in total. The summed E-state index contributed by atoms with van der Waals surface area (Å²) >= 11 is 0. The van der Waals surface area contributed by atoms with E-state index in [1.165, 1.54) is 57.8 Å². The standard InChI is InChI=1S/C29H49NO2/c1-19(2)8-7-9-20(3)24-12-13-25-23-11-10-21-18-22(32-27(31)30-6)14-16-28(21,4)26(23)15-17-29(24,25)5/h10,19-20,22-26H,7-9,11-18H2,1-6H3,(H,30,31)/t20-,22?,23?,24-,25?,26?,28+,29-/m1/s1. The minimum Gasteiger partial charge on any atom is -0.446 e. The second-order valence-electron chi connectivity index (χ2n) is 12.8. The fourth-order valence-electron chi connectivity index (χ4n) is 8.96. The van der Waals surface area contributed by atoms with Gasteiger partial charge in [-0.1, -0.05) is 65.5 Å². The highest BCUT2D eigenvalue weighted by molar-refractivity contribution is 5.66. The summed E-state index contributed by atoms with van der Waals surface area (Å²) in [6.07, 6.45) is 16.7. The van der Waals surface area contributed by atoms with Gasteiger partial charge in [0.25, 0.3) is 0 Å². The summed E-state index contributed by atoms with van der Waals surface area (Å²) in [5.41, 5.74) is 2.48. The largest absolute Gasteiger partial charge is 0.446 e. The Kier molecular flexibility index (Phi) is 7.04. The molecule has 0 aromatic heterocycles. The van der Waals surface area contributed by atoms with E-state index in [4.69, 9.17) is 4.74 Å². The van der Waals surface area contributed by atoms with Gasteiger partial charge < -0.3 is 10.1 Å². The van der Waals surface area contributed by atoms with Crippen molar-refractivity contribution in [2.75, 3.05) is 7.05 Å². The molecule has 0 radical (unpaired) electrons. The summed E-state index contributed by atoms with van der Waals surface area (Å²) in [6, 6.07) is 0. The van der Waals surface area contributed by atoms with Crippen LogP contribution in [0.4, 0.5) is 4.79 Å². The molecule has 4 unspecified atom stereocenters. The molecule has 0 aliphatic heterocycles. The molecule has 1 N–H and O–H groups in total. The first-order chi connectivity index (χ1) is 15.2. The number of carbonyl (C=O) groups excluding carboxylic acids is 1. The van der Waals surface area contributed by atoms with Crippen LogP contribution in [0, 0.1) is 46.3 Å². The van der Waals surface area contributed by atoms with E-state index in [0.717, 1.165) is 48.3 Å². The van der Waals surface area contributed by atoms with E-state index in [2.05, 4.69) is 46.0 Å². The molecule has 3 fully saturated rings. The van der Waals surface area contributed by atoms with Crippen LogP contribution in [-0.4, -0.2) is 19.2 Å². The van der Waals surface area contributed by atoms with Crippen LogP contribution in [-0.2, 0) is 4.74 Å². The van der Waals surface area contributed by atoms with Gasteiger partial charge in [-0.05, 0) is 91.3 Å². The molecule has 3 saturated carbocycles. The van der Waals surface area contributed by atoms with Crippen molar-refractivity contribution in [3.05, 3.63) is 11.6 Å². The summed E-state index contributed by atoms with van der Waals surface area (Å²) < 4.78 is 5.65. The van der Waals surface area contributed by atoms with Gasteiger partial charge in [0.15, 0.2) is 0 Å². The third-order valence-corrected chi connectivity index (χ3v) is 10.7. The van der Waals surface area contributed by atoms with Gasteiger partial charge in [0.1, 0.15) is 6.10 Å². The summed E-state index contributed by atoms with van der Waals surface area (Å²) in [4.78, 5) is 11.7. The van der Waals surface area contributed by atoms with E-state index in [0.29, 0.717) is 10.8 Å². The molecule has 4 rings (SSSR count). The fourth-order valence-corrected chi connectivity index (χ4v) is 8.96. The van der Waals surface area contributed by atoms with Crippen LogP contribution < -0.4 is 5.32 Å². The number of alkyl carbamates (subject to hydrolysis) is 1. The molecule has 0 bridgehead atoms. The molecule has 32 heavy (non-hydrogen) atoms. The summed E-state index contributed by atoms with van der Waals surface area (Å²) in [5.74, 6) is 5.25. The van der Waals surface area contributed by atoms with Crippen molar-refractivity contribution in [3.63, 3.8) is 0 Å². The second kappa shape index (κ2) is 9.34. The number of amides is 1. The maximum atomic E-state index is 11.7. The highest BCUT2D eigenvalue weighted by Gasteiger charge is 2.59. The normalized spacial score (nSPS) is 41.8. The van der Waals surface area contributed by atoms with Crippen molar-refractivity contribution in [1.82, 2.24) is 5.32 Å². The number of hydrogen-bond donors (Lipinski definition) is 1. The van der Waals surface area contributed by atoms with Crippen LogP contribution in [0.25, 0.3) is 0 Å². The van der Waals surface area contributed by atoms with Crippen molar-refractivity contribution in [3.8, 4) is 0 Å². The van der Waals surface area contributed by atoms with Crippen LogP contribution in [0.5, 0.6) is 0 Å². The minimum absolute atomic E-state index is 0.0576. The lowest BCUT2D eigenvalue weighted by Gasteiger charge is -2.58. The zero-order chi connectivity index (χ0) is 23.1. The maximum Gasteiger partial charge on any atom is 0.407 e. The average molecular weight is 444 g/mol. The number of rotatable bonds is 6. The summed E-state index contributed by atoms with van der Waals surface area (Å²) in [5, 5.41) is 2.62. The van der Waals surface area contributed by atoms with Crippen LogP contribution in [0.15, 0.2) is 11.6 Å². The van der Waals surface area contributed by atoms with E-state index < -0.39 is 0 Å².